The first-order valence-electron chi connectivity index (χ1n) is 8.46. The van der Waals surface area contributed by atoms with Crippen LogP contribution < -0.4 is 5.32 Å². The first-order chi connectivity index (χ1) is 12.4. The lowest BCUT2D eigenvalue weighted by Gasteiger charge is -2.29. The molecule has 4 nitrogen and oxygen atoms in total. The highest BCUT2D eigenvalue weighted by Gasteiger charge is 2.25. The Balaban J connectivity index is 2.23. The van der Waals surface area contributed by atoms with E-state index in [1.54, 1.807) is 42.2 Å². The van der Waals surface area contributed by atoms with E-state index in [1.165, 1.54) is 0 Å². The molecule has 0 aliphatic rings. The van der Waals surface area contributed by atoms with Crippen molar-refractivity contribution in [2.75, 3.05) is 6.54 Å². The lowest BCUT2D eigenvalue weighted by Crippen LogP contribution is -2.48. The molecule has 1 N–H and O–H groups in total. The van der Waals surface area contributed by atoms with Crippen LogP contribution in [0.2, 0.25) is 10.0 Å². The van der Waals surface area contributed by atoms with Gasteiger partial charge in [0.25, 0.3) is 0 Å². The summed E-state index contributed by atoms with van der Waals surface area (Å²) in [5, 5.41) is 3.94. The van der Waals surface area contributed by atoms with Gasteiger partial charge in [-0.2, -0.15) is 0 Å². The van der Waals surface area contributed by atoms with Crippen LogP contribution >= 0.6 is 23.2 Å². The van der Waals surface area contributed by atoms with Crippen molar-refractivity contribution in [1.82, 2.24) is 10.2 Å². The summed E-state index contributed by atoms with van der Waals surface area (Å²) in [5.74, 6) is -0.333. The Morgan fingerprint density at radius 3 is 2.19 bits per heavy atom. The van der Waals surface area contributed by atoms with Gasteiger partial charge in [0.2, 0.25) is 11.8 Å². The summed E-state index contributed by atoms with van der Waals surface area (Å²) in [6, 6.07) is 13.9. The van der Waals surface area contributed by atoms with Crippen LogP contribution in [-0.2, 0) is 22.6 Å². The van der Waals surface area contributed by atoms with Crippen LogP contribution in [0.3, 0.4) is 0 Å². The third-order valence-corrected chi connectivity index (χ3v) is 4.47. The molecule has 0 aromatic heterocycles. The molecule has 0 radical (unpaired) electrons. The summed E-state index contributed by atoms with van der Waals surface area (Å²) in [5.41, 5.74) is 1.68. The smallest absolute Gasteiger partial charge is 0.242 e. The van der Waals surface area contributed by atoms with Gasteiger partial charge in [0.15, 0.2) is 0 Å². The molecule has 0 fully saturated rings. The molecule has 0 aliphatic heterocycles. The van der Waals surface area contributed by atoms with E-state index >= 15 is 0 Å². The Kier molecular flexibility index (Phi) is 7.49. The number of hydrogen-bond donors (Lipinski definition) is 1. The van der Waals surface area contributed by atoms with Gasteiger partial charge in [0.1, 0.15) is 6.04 Å². The molecule has 2 aromatic carbocycles. The van der Waals surface area contributed by atoms with Crippen LogP contribution in [0.25, 0.3) is 0 Å². The van der Waals surface area contributed by atoms with Crippen LogP contribution in [0.4, 0.5) is 0 Å². The number of likely N-dealkylation sites (N-methyl/N-ethyl adjacent to an activating group) is 1. The average Bonchev–Trinajstić information content (AvgIpc) is 2.59. The monoisotopic (exact) mass is 392 g/mol. The number of carbonyl (C=O) groups excluding carboxylic acids is 2. The molecular weight excluding hydrogens is 371 g/mol. The fourth-order valence-corrected chi connectivity index (χ4v) is 3.09. The van der Waals surface area contributed by atoms with E-state index < -0.39 is 6.04 Å². The Bertz CT molecular complexity index is 780. The molecule has 6 heteroatoms. The van der Waals surface area contributed by atoms with Crippen molar-refractivity contribution in [2.24, 2.45) is 0 Å². The third-order valence-electron chi connectivity index (χ3n) is 4.00. The van der Waals surface area contributed by atoms with E-state index in [0.29, 0.717) is 23.1 Å². The first kappa shape index (κ1) is 20.3. The minimum absolute atomic E-state index is 0.147. The molecule has 0 aliphatic carbocycles. The van der Waals surface area contributed by atoms with Crippen molar-refractivity contribution >= 4 is 35.0 Å². The van der Waals surface area contributed by atoms with E-state index in [0.717, 1.165) is 11.1 Å². The molecule has 2 amide bonds. The van der Waals surface area contributed by atoms with Gasteiger partial charge >= 0.3 is 0 Å². The SMILES string of the molecule is CCNC(=O)[C@@H](C)N(Cc1cccc(Cl)c1)C(=O)Cc1cccc(Cl)c1. The van der Waals surface area contributed by atoms with Crippen LogP contribution in [0.5, 0.6) is 0 Å². The highest BCUT2D eigenvalue weighted by molar-refractivity contribution is 6.30. The normalized spacial score (nSPS) is 11.7. The van der Waals surface area contributed by atoms with Gasteiger partial charge < -0.3 is 10.2 Å². The van der Waals surface area contributed by atoms with E-state index in [-0.39, 0.29) is 18.2 Å². The number of carbonyl (C=O) groups is 2. The molecule has 0 saturated heterocycles. The Hall–Kier alpha value is -2.04. The van der Waals surface area contributed by atoms with Gasteiger partial charge in [-0.15, -0.1) is 0 Å². The maximum absolute atomic E-state index is 12.9. The lowest BCUT2D eigenvalue weighted by atomic mass is 10.1. The zero-order chi connectivity index (χ0) is 19.1. The molecular formula is C20H22Cl2N2O2. The topological polar surface area (TPSA) is 49.4 Å². The van der Waals surface area contributed by atoms with Crippen molar-refractivity contribution in [1.29, 1.82) is 0 Å². The average molecular weight is 393 g/mol. The van der Waals surface area contributed by atoms with Crippen LogP contribution in [0.1, 0.15) is 25.0 Å². The fourth-order valence-electron chi connectivity index (χ4n) is 2.66. The molecule has 0 saturated carbocycles. The second-order valence-electron chi connectivity index (χ2n) is 6.03. The van der Waals surface area contributed by atoms with Crippen molar-refractivity contribution < 1.29 is 9.59 Å². The summed E-state index contributed by atoms with van der Waals surface area (Å²) in [4.78, 5) is 26.8. The summed E-state index contributed by atoms with van der Waals surface area (Å²) >= 11 is 12.1. The van der Waals surface area contributed by atoms with Gasteiger partial charge in [-0.1, -0.05) is 47.5 Å². The predicted molar refractivity (Wildman–Crippen MR) is 105 cm³/mol. The molecule has 0 spiro atoms. The Labute approximate surface area is 164 Å². The second kappa shape index (κ2) is 9.60. The van der Waals surface area contributed by atoms with Crippen molar-refractivity contribution in [3.05, 3.63) is 69.7 Å². The molecule has 2 rings (SSSR count). The molecule has 0 unspecified atom stereocenters. The van der Waals surface area contributed by atoms with E-state index in [9.17, 15) is 9.59 Å². The van der Waals surface area contributed by atoms with Crippen LogP contribution in [-0.4, -0.2) is 29.3 Å². The minimum Gasteiger partial charge on any atom is -0.355 e. The number of rotatable bonds is 7. The van der Waals surface area contributed by atoms with Crippen molar-refractivity contribution in [3.8, 4) is 0 Å². The molecule has 0 heterocycles. The number of hydrogen-bond acceptors (Lipinski definition) is 2. The third kappa shape index (κ3) is 5.75. The molecule has 0 bridgehead atoms. The van der Waals surface area contributed by atoms with Gasteiger partial charge in [-0.05, 0) is 49.2 Å². The summed E-state index contributed by atoms with van der Waals surface area (Å²) < 4.78 is 0. The maximum atomic E-state index is 12.9. The van der Waals surface area contributed by atoms with Gasteiger partial charge in [0.05, 0.1) is 6.42 Å². The standard InChI is InChI=1S/C20H22Cl2N2O2/c1-3-23-20(26)14(2)24(13-16-7-5-9-18(22)11-16)19(25)12-15-6-4-8-17(21)10-15/h4-11,14H,3,12-13H2,1-2H3,(H,23,26)/t14-/m1/s1. The number of nitrogens with zero attached hydrogens (tertiary/aromatic N) is 1. The van der Waals surface area contributed by atoms with Crippen LogP contribution in [0.15, 0.2) is 48.5 Å². The van der Waals surface area contributed by atoms with E-state index in [1.807, 2.05) is 25.1 Å². The first-order valence-corrected chi connectivity index (χ1v) is 9.22. The zero-order valence-electron chi connectivity index (χ0n) is 14.8. The molecule has 26 heavy (non-hydrogen) atoms. The molecule has 2 aromatic rings. The minimum atomic E-state index is -0.597. The Morgan fingerprint density at radius 2 is 1.62 bits per heavy atom. The van der Waals surface area contributed by atoms with Gasteiger partial charge in [-0.3, -0.25) is 9.59 Å². The van der Waals surface area contributed by atoms with Crippen LogP contribution in [0, 0.1) is 0 Å². The number of halogens is 2. The summed E-state index contributed by atoms with van der Waals surface area (Å²) in [7, 11) is 0. The number of amides is 2. The highest BCUT2D eigenvalue weighted by atomic mass is 35.5. The van der Waals surface area contributed by atoms with E-state index in [2.05, 4.69) is 5.32 Å². The maximum Gasteiger partial charge on any atom is 0.242 e. The van der Waals surface area contributed by atoms with Gasteiger partial charge in [0, 0.05) is 23.1 Å². The number of nitrogens with one attached hydrogen (secondary N) is 1. The predicted octanol–water partition coefficient (Wildman–Crippen LogP) is 4.09. The van der Waals surface area contributed by atoms with Crippen molar-refractivity contribution in [3.63, 3.8) is 0 Å². The van der Waals surface area contributed by atoms with Crippen molar-refractivity contribution in [2.45, 2.75) is 32.9 Å². The quantitative estimate of drug-likeness (QED) is 0.771. The summed E-state index contributed by atoms with van der Waals surface area (Å²) in [6.07, 6.45) is 0.171. The zero-order valence-corrected chi connectivity index (χ0v) is 16.3. The fraction of sp³-hybridized carbons (Fsp3) is 0.300. The molecule has 138 valence electrons. The largest absolute Gasteiger partial charge is 0.355 e. The Morgan fingerprint density at radius 1 is 1.04 bits per heavy atom. The van der Waals surface area contributed by atoms with Gasteiger partial charge in [-0.25, -0.2) is 0 Å². The second-order valence-corrected chi connectivity index (χ2v) is 6.90. The number of benzene rings is 2. The highest BCUT2D eigenvalue weighted by Crippen LogP contribution is 2.17. The van der Waals surface area contributed by atoms with E-state index in [4.69, 9.17) is 23.2 Å². The molecule has 1 atom stereocenters. The lowest BCUT2D eigenvalue weighted by molar-refractivity contribution is -0.140. The summed E-state index contributed by atoms with van der Waals surface area (Å²) in [6.45, 7) is 4.39.